The summed E-state index contributed by atoms with van der Waals surface area (Å²) in [7, 11) is 0. The number of nitrogens with zero attached hydrogens (tertiary/aromatic N) is 1. The number of piperidine rings is 1. The molecule has 94 valence electrons. The van der Waals surface area contributed by atoms with Gasteiger partial charge in [-0.1, -0.05) is 18.2 Å². The Morgan fingerprint density at radius 3 is 2.35 bits per heavy atom. The van der Waals surface area contributed by atoms with E-state index in [0.717, 1.165) is 25.9 Å². The monoisotopic (exact) mass is 254 g/mol. The first-order valence-corrected chi connectivity index (χ1v) is 5.83. The van der Waals surface area contributed by atoms with Crippen molar-refractivity contribution in [2.45, 2.75) is 25.8 Å². The molecule has 1 aliphatic heterocycles. The molecule has 0 aromatic heterocycles. The third kappa shape index (κ3) is 3.93. The van der Waals surface area contributed by atoms with E-state index in [1.807, 2.05) is 6.07 Å². The number of halogens is 1. The van der Waals surface area contributed by atoms with E-state index in [1.165, 1.54) is 5.69 Å². The molecule has 3 nitrogen and oxygen atoms in total. The van der Waals surface area contributed by atoms with Gasteiger partial charge in [0.15, 0.2) is 0 Å². The minimum Gasteiger partial charge on any atom is -0.371 e. The molecule has 4 heteroatoms. The van der Waals surface area contributed by atoms with Crippen molar-refractivity contribution in [1.82, 2.24) is 5.32 Å². The van der Waals surface area contributed by atoms with E-state index in [4.69, 9.17) is 0 Å². The first kappa shape index (κ1) is 13.8. The maximum Gasteiger partial charge on any atom is 0.217 e. The van der Waals surface area contributed by atoms with Gasteiger partial charge in [0.2, 0.25) is 5.91 Å². The van der Waals surface area contributed by atoms with Crippen molar-refractivity contribution in [2.24, 2.45) is 0 Å². The van der Waals surface area contributed by atoms with E-state index in [-0.39, 0.29) is 18.3 Å². The van der Waals surface area contributed by atoms with Gasteiger partial charge >= 0.3 is 0 Å². The number of amides is 1. The molecule has 0 bridgehead atoms. The number of nitrogens with one attached hydrogen (secondary N) is 1. The second-order valence-corrected chi connectivity index (χ2v) is 4.30. The quantitative estimate of drug-likeness (QED) is 0.878. The fourth-order valence-corrected chi connectivity index (χ4v) is 2.21. The molecule has 1 aromatic rings. The number of benzene rings is 1. The standard InChI is InChI=1S/C13H18N2O.ClH/c1-11(16)14-12-7-9-15(10-8-12)13-5-3-2-4-6-13;/h2-6,12H,7-10H2,1H3,(H,14,16);1H. The summed E-state index contributed by atoms with van der Waals surface area (Å²) in [6.45, 7) is 3.63. The molecule has 1 saturated heterocycles. The van der Waals surface area contributed by atoms with Crippen molar-refractivity contribution < 1.29 is 4.79 Å². The molecule has 1 heterocycles. The molecule has 0 unspecified atom stereocenters. The summed E-state index contributed by atoms with van der Waals surface area (Å²) >= 11 is 0. The largest absolute Gasteiger partial charge is 0.371 e. The van der Waals surface area contributed by atoms with E-state index in [0.29, 0.717) is 6.04 Å². The van der Waals surface area contributed by atoms with Crippen LogP contribution in [0.2, 0.25) is 0 Å². The predicted molar refractivity (Wildman–Crippen MR) is 72.7 cm³/mol. The zero-order chi connectivity index (χ0) is 11.4. The van der Waals surface area contributed by atoms with Gasteiger partial charge in [-0.05, 0) is 25.0 Å². The molecule has 17 heavy (non-hydrogen) atoms. The number of para-hydroxylation sites is 1. The fourth-order valence-electron chi connectivity index (χ4n) is 2.21. The molecule has 0 aliphatic carbocycles. The molecular weight excluding hydrogens is 236 g/mol. The van der Waals surface area contributed by atoms with Crippen molar-refractivity contribution in [2.75, 3.05) is 18.0 Å². The molecule has 0 atom stereocenters. The first-order valence-electron chi connectivity index (χ1n) is 5.83. The van der Waals surface area contributed by atoms with Crippen LogP contribution in [-0.4, -0.2) is 25.0 Å². The molecule has 1 aromatic carbocycles. The summed E-state index contributed by atoms with van der Waals surface area (Å²) in [6.07, 6.45) is 2.07. The van der Waals surface area contributed by atoms with E-state index < -0.39 is 0 Å². The Kier molecular flexibility index (Phi) is 5.29. The van der Waals surface area contributed by atoms with Gasteiger partial charge in [0, 0.05) is 31.7 Å². The van der Waals surface area contributed by atoms with Crippen LogP contribution in [0.4, 0.5) is 5.69 Å². The van der Waals surface area contributed by atoms with Crippen LogP contribution < -0.4 is 10.2 Å². The molecule has 1 amide bonds. The molecule has 1 fully saturated rings. The Hall–Kier alpha value is -1.22. The summed E-state index contributed by atoms with van der Waals surface area (Å²) in [5.74, 6) is 0.0816. The van der Waals surface area contributed by atoms with Crippen LogP contribution in [0, 0.1) is 0 Å². The van der Waals surface area contributed by atoms with E-state index >= 15 is 0 Å². The lowest BCUT2D eigenvalue weighted by atomic mass is 10.0. The van der Waals surface area contributed by atoms with Crippen LogP contribution in [0.15, 0.2) is 30.3 Å². The van der Waals surface area contributed by atoms with Gasteiger partial charge in [0.25, 0.3) is 0 Å². The van der Waals surface area contributed by atoms with Crippen LogP contribution in [0.3, 0.4) is 0 Å². The van der Waals surface area contributed by atoms with Gasteiger partial charge in [0.05, 0.1) is 0 Å². The van der Waals surface area contributed by atoms with Crippen molar-refractivity contribution in [3.63, 3.8) is 0 Å². The van der Waals surface area contributed by atoms with E-state index in [9.17, 15) is 4.79 Å². The highest BCUT2D eigenvalue weighted by molar-refractivity contribution is 5.85. The molecule has 2 rings (SSSR count). The Morgan fingerprint density at radius 2 is 1.82 bits per heavy atom. The molecule has 0 spiro atoms. The summed E-state index contributed by atoms with van der Waals surface area (Å²) in [4.78, 5) is 13.3. The molecule has 1 aliphatic rings. The Morgan fingerprint density at radius 1 is 1.24 bits per heavy atom. The van der Waals surface area contributed by atoms with Crippen molar-refractivity contribution in [3.05, 3.63) is 30.3 Å². The highest BCUT2D eigenvalue weighted by atomic mass is 35.5. The van der Waals surface area contributed by atoms with Gasteiger partial charge in [0.1, 0.15) is 0 Å². The summed E-state index contributed by atoms with van der Waals surface area (Å²) in [5.41, 5.74) is 1.28. The van der Waals surface area contributed by atoms with Crippen molar-refractivity contribution in [1.29, 1.82) is 0 Å². The van der Waals surface area contributed by atoms with E-state index in [2.05, 4.69) is 34.5 Å². The number of hydrogen-bond donors (Lipinski definition) is 1. The maximum atomic E-state index is 10.9. The lowest BCUT2D eigenvalue weighted by Crippen LogP contribution is -2.44. The average Bonchev–Trinajstić information content (AvgIpc) is 2.30. The first-order chi connectivity index (χ1) is 7.75. The molecule has 1 N–H and O–H groups in total. The van der Waals surface area contributed by atoms with Gasteiger partial charge in [-0.15, -0.1) is 12.4 Å². The number of hydrogen-bond acceptors (Lipinski definition) is 2. The van der Waals surface area contributed by atoms with Crippen LogP contribution in [-0.2, 0) is 4.79 Å². The van der Waals surface area contributed by atoms with Gasteiger partial charge in [-0.2, -0.15) is 0 Å². The summed E-state index contributed by atoms with van der Waals surface area (Å²) < 4.78 is 0. The van der Waals surface area contributed by atoms with Crippen LogP contribution in [0.5, 0.6) is 0 Å². The third-order valence-electron chi connectivity index (χ3n) is 3.02. The highest BCUT2D eigenvalue weighted by Gasteiger charge is 2.19. The van der Waals surface area contributed by atoms with Crippen molar-refractivity contribution in [3.8, 4) is 0 Å². The molecule has 0 radical (unpaired) electrons. The maximum absolute atomic E-state index is 10.9. The summed E-state index contributed by atoms with van der Waals surface area (Å²) in [5, 5.41) is 2.99. The molecule has 0 saturated carbocycles. The topological polar surface area (TPSA) is 32.3 Å². The van der Waals surface area contributed by atoms with Crippen LogP contribution in [0.25, 0.3) is 0 Å². The Balaban J connectivity index is 0.00000144. The Labute approximate surface area is 109 Å². The number of carbonyl (C=O) groups excluding carboxylic acids is 1. The lowest BCUT2D eigenvalue weighted by molar-refractivity contribution is -0.119. The normalized spacial score (nSPS) is 16.2. The minimum absolute atomic E-state index is 0. The van der Waals surface area contributed by atoms with Crippen molar-refractivity contribution >= 4 is 24.0 Å². The second-order valence-electron chi connectivity index (χ2n) is 4.30. The van der Waals surface area contributed by atoms with Gasteiger partial charge < -0.3 is 10.2 Å². The smallest absolute Gasteiger partial charge is 0.217 e. The van der Waals surface area contributed by atoms with Gasteiger partial charge in [-0.3, -0.25) is 4.79 Å². The van der Waals surface area contributed by atoms with Crippen LogP contribution >= 0.6 is 12.4 Å². The van der Waals surface area contributed by atoms with Gasteiger partial charge in [-0.25, -0.2) is 0 Å². The summed E-state index contributed by atoms with van der Waals surface area (Å²) in [6, 6.07) is 10.8. The minimum atomic E-state index is 0. The third-order valence-corrected chi connectivity index (χ3v) is 3.02. The zero-order valence-corrected chi connectivity index (χ0v) is 10.9. The number of carbonyl (C=O) groups is 1. The Bertz CT molecular complexity index is 348. The average molecular weight is 255 g/mol. The second kappa shape index (κ2) is 6.50. The highest BCUT2D eigenvalue weighted by Crippen LogP contribution is 2.19. The number of anilines is 1. The molecular formula is C13H19ClN2O. The SMILES string of the molecule is CC(=O)NC1CCN(c2ccccc2)CC1.Cl. The fraction of sp³-hybridized carbons (Fsp3) is 0.462. The predicted octanol–water partition coefficient (Wildman–Crippen LogP) is 2.21. The number of rotatable bonds is 2. The zero-order valence-electron chi connectivity index (χ0n) is 10.1. The lowest BCUT2D eigenvalue weighted by Gasteiger charge is -2.33. The van der Waals surface area contributed by atoms with E-state index in [1.54, 1.807) is 6.92 Å². The van der Waals surface area contributed by atoms with Crippen LogP contribution in [0.1, 0.15) is 19.8 Å².